The van der Waals surface area contributed by atoms with E-state index in [-0.39, 0.29) is 38.4 Å². The van der Waals surface area contributed by atoms with E-state index in [4.69, 9.17) is 4.74 Å². The van der Waals surface area contributed by atoms with Crippen molar-refractivity contribution >= 4 is 10.0 Å². The largest absolute Gasteiger partial charge is 0.378 e. The minimum Gasteiger partial charge on any atom is -0.378 e. The lowest BCUT2D eigenvalue weighted by Gasteiger charge is -2.38. The Labute approximate surface area is 156 Å². The zero-order valence-electron chi connectivity index (χ0n) is 14.5. The number of para-hydroxylation sites is 1. The van der Waals surface area contributed by atoms with Crippen molar-refractivity contribution in [2.75, 3.05) is 25.5 Å². The summed E-state index contributed by atoms with van der Waals surface area (Å²) in [6.07, 6.45) is 0.622. The highest BCUT2D eigenvalue weighted by molar-refractivity contribution is 7.89. The van der Waals surface area contributed by atoms with E-state index in [1.165, 1.54) is 10.6 Å². The van der Waals surface area contributed by atoms with E-state index in [2.05, 4.69) is 10.1 Å². The second kappa shape index (κ2) is 6.92. The maximum atomic E-state index is 13.1. The first-order valence-electron chi connectivity index (χ1n) is 8.76. The molecule has 1 aliphatic carbocycles. The van der Waals surface area contributed by atoms with Gasteiger partial charge < -0.3 is 4.74 Å². The number of nitrogens with zero attached hydrogens (tertiary/aromatic N) is 4. The van der Waals surface area contributed by atoms with Crippen molar-refractivity contribution in [1.29, 1.82) is 0 Å². The van der Waals surface area contributed by atoms with E-state index >= 15 is 0 Å². The number of benzene rings is 1. The lowest BCUT2D eigenvalue weighted by Crippen LogP contribution is -2.48. The van der Waals surface area contributed by atoms with Crippen LogP contribution in [0, 0.1) is 5.92 Å². The van der Waals surface area contributed by atoms with Gasteiger partial charge in [-0.25, -0.2) is 26.9 Å². The number of ether oxygens (including phenoxy) is 1. The van der Waals surface area contributed by atoms with Crippen LogP contribution in [-0.4, -0.2) is 58.9 Å². The summed E-state index contributed by atoms with van der Waals surface area (Å²) in [5.41, 5.74) is 0.756. The molecule has 0 spiro atoms. The third-order valence-electron chi connectivity index (χ3n) is 4.93. The number of hydrogen-bond acceptors (Lipinski definition) is 5. The number of halogens is 2. The Hall–Kier alpha value is -1.91. The second-order valence-electron chi connectivity index (χ2n) is 6.98. The van der Waals surface area contributed by atoms with Gasteiger partial charge in [-0.2, -0.15) is 9.40 Å². The minimum atomic E-state index is -3.73. The van der Waals surface area contributed by atoms with Crippen LogP contribution in [0.15, 0.2) is 36.7 Å². The first-order valence-corrected chi connectivity index (χ1v) is 10.4. The number of morpholine rings is 1. The van der Waals surface area contributed by atoms with Gasteiger partial charge in [-0.05, 0) is 18.1 Å². The summed E-state index contributed by atoms with van der Waals surface area (Å²) in [6, 6.07) is 8.61. The summed E-state index contributed by atoms with van der Waals surface area (Å²) in [5, 5.41) is 4.21. The van der Waals surface area contributed by atoms with Gasteiger partial charge in [0.25, 0.3) is 0 Å². The highest BCUT2D eigenvalue weighted by atomic mass is 32.2. The van der Waals surface area contributed by atoms with Crippen molar-refractivity contribution < 1.29 is 21.9 Å². The Kier molecular flexibility index (Phi) is 4.73. The maximum Gasteiger partial charge on any atom is 0.248 e. The molecule has 1 aliphatic heterocycles. The zero-order valence-corrected chi connectivity index (χ0v) is 15.4. The molecule has 0 N–H and O–H groups in total. The monoisotopic (exact) mass is 398 g/mol. The normalized spacial score (nSPS) is 23.9. The molecular formula is C17H20F2N4O3S. The Morgan fingerprint density at radius 2 is 1.96 bits per heavy atom. The molecular weight excluding hydrogens is 378 g/mol. The Bertz CT molecular complexity index is 896. The summed E-state index contributed by atoms with van der Waals surface area (Å²) in [7, 11) is -3.73. The topological polar surface area (TPSA) is 77.3 Å². The molecule has 1 saturated carbocycles. The van der Waals surface area contributed by atoms with E-state index in [9.17, 15) is 17.2 Å². The van der Waals surface area contributed by atoms with Crippen LogP contribution in [0.4, 0.5) is 8.78 Å². The summed E-state index contributed by atoms with van der Waals surface area (Å²) >= 11 is 0. The van der Waals surface area contributed by atoms with E-state index in [1.54, 1.807) is 4.68 Å². The summed E-state index contributed by atoms with van der Waals surface area (Å²) in [5.74, 6) is -3.08. The molecule has 2 heterocycles. The molecule has 7 nitrogen and oxygen atoms in total. The van der Waals surface area contributed by atoms with Crippen LogP contribution in [0.2, 0.25) is 0 Å². The molecule has 10 heteroatoms. The molecule has 0 unspecified atom stereocenters. The highest BCUT2D eigenvalue weighted by Crippen LogP contribution is 2.43. The van der Waals surface area contributed by atoms with Gasteiger partial charge in [-0.15, -0.1) is 0 Å². The third-order valence-corrected chi connectivity index (χ3v) is 6.97. The number of hydrogen-bond donors (Lipinski definition) is 0. The average molecular weight is 398 g/mol. The molecule has 2 aromatic rings. The van der Waals surface area contributed by atoms with E-state index in [1.807, 2.05) is 30.3 Å². The van der Waals surface area contributed by atoms with Crippen molar-refractivity contribution in [2.24, 2.45) is 5.92 Å². The standard InChI is InChI=1S/C17H20F2N4O3S/c18-17(19)8-13(9-17)11-27(24,25)22-6-7-26-10-15(22)16-20-12-21-23(16)14-4-2-1-3-5-14/h1-5,12-13,15H,6-11H2/t15-/m0/s1. The highest BCUT2D eigenvalue weighted by Gasteiger charge is 2.48. The minimum absolute atomic E-state index is 0.144. The Morgan fingerprint density at radius 1 is 1.22 bits per heavy atom. The number of aromatic nitrogens is 3. The van der Waals surface area contributed by atoms with Crippen LogP contribution in [0.5, 0.6) is 0 Å². The molecule has 1 atom stereocenters. The Balaban J connectivity index is 1.60. The molecule has 0 amide bonds. The van der Waals surface area contributed by atoms with Crippen molar-refractivity contribution in [3.05, 3.63) is 42.5 Å². The molecule has 27 heavy (non-hydrogen) atoms. The molecule has 146 valence electrons. The van der Waals surface area contributed by atoms with Crippen LogP contribution >= 0.6 is 0 Å². The van der Waals surface area contributed by atoms with E-state index in [0.717, 1.165) is 5.69 Å². The SMILES string of the molecule is O=S(=O)(CC1CC(F)(F)C1)N1CCOC[C@H]1c1ncnn1-c1ccccc1. The number of sulfonamides is 1. The quantitative estimate of drug-likeness (QED) is 0.770. The van der Waals surface area contributed by atoms with Crippen LogP contribution in [0.25, 0.3) is 5.69 Å². The summed E-state index contributed by atoms with van der Waals surface area (Å²) in [6.45, 7) is 0.569. The van der Waals surface area contributed by atoms with Crippen LogP contribution in [-0.2, 0) is 14.8 Å². The van der Waals surface area contributed by atoms with Crippen molar-refractivity contribution in [3.63, 3.8) is 0 Å². The average Bonchev–Trinajstić information content (AvgIpc) is 3.10. The lowest BCUT2D eigenvalue weighted by atomic mass is 9.83. The molecule has 1 saturated heterocycles. The number of alkyl halides is 2. The first kappa shape index (κ1) is 18.5. The summed E-state index contributed by atoms with van der Waals surface area (Å²) in [4.78, 5) is 4.26. The van der Waals surface area contributed by atoms with Gasteiger partial charge in [0.05, 0.1) is 24.7 Å². The van der Waals surface area contributed by atoms with Gasteiger partial charge in [0, 0.05) is 19.4 Å². The van der Waals surface area contributed by atoms with Gasteiger partial charge in [0.2, 0.25) is 15.9 Å². The van der Waals surface area contributed by atoms with Gasteiger partial charge in [-0.3, -0.25) is 0 Å². The van der Waals surface area contributed by atoms with Crippen LogP contribution in [0.1, 0.15) is 24.7 Å². The fourth-order valence-electron chi connectivity index (χ4n) is 3.67. The van der Waals surface area contributed by atoms with Crippen LogP contribution < -0.4 is 0 Å². The van der Waals surface area contributed by atoms with Crippen molar-refractivity contribution in [3.8, 4) is 5.69 Å². The third kappa shape index (κ3) is 3.74. The molecule has 2 fully saturated rings. The predicted octanol–water partition coefficient (Wildman–Crippen LogP) is 2.02. The fourth-order valence-corrected chi connectivity index (χ4v) is 5.59. The van der Waals surface area contributed by atoms with Crippen molar-refractivity contribution in [2.45, 2.75) is 24.8 Å². The zero-order chi connectivity index (χ0) is 19.1. The molecule has 1 aromatic carbocycles. The van der Waals surface area contributed by atoms with E-state index < -0.39 is 27.9 Å². The number of rotatable bonds is 5. The maximum absolute atomic E-state index is 13.1. The molecule has 0 bridgehead atoms. The van der Waals surface area contributed by atoms with Gasteiger partial charge in [-0.1, -0.05) is 18.2 Å². The smallest absolute Gasteiger partial charge is 0.248 e. The fraction of sp³-hybridized carbons (Fsp3) is 0.529. The first-order chi connectivity index (χ1) is 12.9. The predicted molar refractivity (Wildman–Crippen MR) is 93.1 cm³/mol. The van der Waals surface area contributed by atoms with Gasteiger partial charge in [0.15, 0.2) is 5.82 Å². The molecule has 2 aliphatic rings. The van der Waals surface area contributed by atoms with Crippen LogP contribution in [0.3, 0.4) is 0 Å². The molecule has 1 aromatic heterocycles. The molecule has 0 radical (unpaired) electrons. The van der Waals surface area contributed by atoms with E-state index in [0.29, 0.717) is 5.82 Å². The summed E-state index contributed by atoms with van der Waals surface area (Å²) < 4.78 is 60.4. The second-order valence-corrected chi connectivity index (χ2v) is 8.94. The van der Waals surface area contributed by atoms with Crippen molar-refractivity contribution in [1.82, 2.24) is 19.1 Å². The van der Waals surface area contributed by atoms with Gasteiger partial charge >= 0.3 is 0 Å². The molecule has 4 rings (SSSR count). The Morgan fingerprint density at radius 3 is 2.67 bits per heavy atom. The lowest BCUT2D eigenvalue weighted by molar-refractivity contribution is -0.104. The van der Waals surface area contributed by atoms with Gasteiger partial charge in [0.1, 0.15) is 12.4 Å².